The van der Waals surface area contributed by atoms with Crippen LogP contribution < -0.4 is 16.4 Å². The van der Waals surface area contributed by atoms with Crippen LogP contribution in [0.4, 0.5) is 11.4 Å². The van der Waals surface area contributed by atoms with Crippen molar-refractivity contribution in [2.24, 2.45) is 5.73 Å². The monoisotopic (exact) mass is 320 g/mol. The fourth-order valence-electron chi connectivity index (χ4n) is 2.06. The summed E-state index contributed by atoms with van der Waals surface area (Å²) in [7, 11) is 0. The maximum absolute atomic E-state index is 12.1. The van der Waals surface area contributed by atoms with E-state index in [0.29, 0.717) is 17.9 Å². The molecule has 0 saturated carbocycles. The molecule has 0 fully saturated rings. The molecule has 0 atom stereocenters. The van der Waals surface area contributed by atoms with Gasteiger partial charge in [-0.25, -0.2) is 0 Å². The molecule has 1 rings (SSSR count). The third kappa shape index (κ3) is 7.96. The van der Waals surface area contributed by atoms with E-state index in [1.54, 1.807) is 29.2 Å². The molecule has 1 aromatic carbocycles. The van der Waals surface area contributed by atoms with Crippen LogP contribution in [-0.4, -0.2) is 42.3 Å². The van der Waals surface area contributed by atoms with Gasteiger partial charge < -0.3 is 16.4 Å². The Hall–Kier alpha value is -2.41. The van der Waals surface area contributed by atoms with Gasteiger partial charge in [0.15, 0.2) is 0 Å². The number of primary amides is 1. The Bertz CT molecular complexity index is 543. The van der Waals surface area contributed by atoms with Crippen molar-refractivity contribution in [3.05, 3.63) is 24.3 Å². The molecule has 23 heavy (non-hydrogen) atoms. The van der Waals surface area contributed by atoms with Crippen LogP contribution in [0.1, 0.15) is 26.7 Å². The first-order valence-corrected chi connectivity index (χ1v) is 7.59. The SMILES string of the molecule is CCCCN(CC(N)=O)CC(=O)Nc1ccc(NC(C)=O)cc1. The zero-order valence-corrected chi connectivity index (χ0v) is 13.6. The summed E-state index contributed by atoms with van der Waals surface area (Å²) in [6.45, 7) is 4.29. The van der Waals surface area contributed by atoms with Crippen LogP contribution in [0.25, 0.3) is 0 Å². The van der Waals surface area contributed by atoms with E-state index in [-0.39, 0.29) is 24.9 Å². The van der Waals surface area contributed by atoms with Gasteiger partial charge >= 0.3 is 0 Å². The largest absolute Gasteiger partial charge is 0.369 e. The highest BCUT2D eigenvalue weighted by Gasteiger charge is 2.12. The van der Waals surface area contributed by atoms with Crippen molar-refractivity contribution in [3.8, 4) is 0 Å². The van der Waals surface area contributed by atoms with Gasteiger partial charge in [-0.05, 0) is 37.2 Å². The Labute approximate surface area is 136 Å². The molecular weight excluding hydrogens is 296 g/mol. The lowest BCUT2D eigenvalue weighted by Crippen LogP contribution is -2.39. The predicted octanol–water partition coefficient (Wildman–Crippen LogP) is 1.17. The second kappa shape index (κ2) is 9.58. The number of carbonyl (C=O) groups is 3. The van der Waals surface area contributed by atoms with Gasteiger partial charge in [0, 0.05) is 18.3 Å². The first-order valence-electron chi connectivity index (χ1n) is 7.59. The number of nitrogens with one attached hydrogen (secondary N) is 2. The third-order valence-electron chi connectivity index (χ3n) is 3.06. The van der Waals surface area contributed by atoms with Crippen LogP contribution >= 0.6 is 0 Å². The zero-order valence-electron chi connectivity index (χ0n) is 13.6. The lowest BCUT2D eigenvalue weighted by Gasteiger charge is -2.19. The highest BCUT2D eigenvalue weighted by atomic mass is 16.2. The van der Waals surface area contributed by atoms with Crippen molar-refractivity contribution in [2.75, 3.05) is 30.3 Å². The fraction of sp³-hybridized carbons (Fsp3) is 0.438. The molecule has 0 aliphatic carbocycles. The first-order chi connectivity index (χ1) is 10.9. The highest BCUT2D eigenvalue weighted by Crippen LogP contribution is 2.13. The highest BCUT2D eigenvalue weighted by molar-refractivity contribution is 5.93. The number of benzene rings is 1. The summed E-state index contributed by atoms with van der Waals surface area (Å²) in [6.07, 6.45) is 1.87. The summed E-state index contributed by atoms with van der Waals surface area (Å²) < 4.78 is 0. The van der Waals surface area contributed by atoms with Gasteiger partial charge in [0.25, 0.3) is 0 Å². The molecule has 7 nitrogen and oxygen atoms in total. The van der Waals surface area contributed by atoms with Gasteiger partial charge in [-0.1, -0.05) is 13.3 Å². The number of nitrogens with zero attached hydrogens (tertiary/aromatic N) is 1. The Balaban J connectivity index is 2.55. The summed E-state index contributed by atoms with van der Waals surface area (Å²) in [6, 6.07) is 6.81. The summed E-state index contributed by atoms with van der Waals surface area (Å²) in [5.74, 6) is -0.817. The van der Waals surface area contributed by atoms with Crippen molar-refractivity contribution in [2.45, 2.75) is 26.7 Å². The number of nitrogens with two attached hydrogens (primary N) is 1. The van der Waals surface area contributed by atoms with Crippen LogP contribution in [-0.2, 0) is 14.4 Å². The second-order valence-electron chi connectivity index (χ2n) is 5.34. The molecule has 126 valence electrons. The molecule has 0 radical (unpaired) electrons. The molecule has 0 heterocycles. The van der Waals surface area contributed by atoms with Gasteiger partial charge in [-0.15, -0.1) is 0 Å². The van der Waals surface area contributed by atoms with Gasteiger partial charge in [0.2, 0.25) is 17.7 Å². The Morgan fingerprint density at radius 3 is 2.09 bits per heavy atom. The number of hydrogen-bond donors (Lipinski definition) is 3. The minimum atomic E-state index is -0.450. The molecule has 0 unspecified atom stereocenters. The molecule has 1 aromatic rings. The fourth-order valence-corrected chi connectivity index (χ4v) is 2.06. The van der Waals surface area contributed by atoms with Crippen molar-refractivity contribution >= 4 is 29.1 Å². The lowest BCUT2D eigenvalue weighted by molar-refractivity contribution is -0.121. The molecule has 0 spiro atoms. The Morgan fingerprint density at radius 1 is 1.04 bits per heavy atom. The zero-order chi connectivity index (χ0) is 17.2. The van der Waals surface area contributed by atoms with Crippen LogP contribution in [0.5, 0.6) is 0 Å². The average Bonchev–Trinajstić information content (AvgIpc) is 2.45. The third-order valence-corrected chi connectivity index (χ3v) is 3.06. The molecule has 3 amide bonds. The molecule has 7 heteroatoms. The van der Waals surface area contributed by atoms with Crippen molar-refractivity contribution in [3.63, 3.8) is 0 Å². The number of unbranched alkanes of at least 4 members (excludes halogenated alkanes) is 1. The lowest BCUT2D eigenvalue weighted by atomic mass is 10.2. The Kier molecular flexibility index (Phi) is 7.76. The Morgan fingerprint density at radius 2 is 1.61 bits per heavy atom. The number of amides is 3. The molecule has 0 saturated heterocycles. The van der Waals surface area contributed by atoms with E-state index in [1.807, 2.05) is 6.92 Å². The average molecular weight is 320 g/mol. The maximum Gasteiger partial charge on any atom is 0.238 e. The minimum Gasteiger partial charge on any atom is -0.369 e. The predicted molar refractivity (Wildman–Crippen MR) is 89.9 cm³/mol. The van der Waals surface area contributed by atoms with E-state index in [9.17, 15) is 14.4 Å². The number of carbonyl (C=O) groups excluding carboxylic acids is 3. The van der Waals surface area contributed by atoms with Crippen molar-refractivity contribution in [1.29, 1.82) is 0 Å². The van der Waals surface area contributed by atoms with Crippen LogP contribution in [0, 0.1) is 0 Å². The summed E-state index contributed by atoms with van der Waals surface area (Å²) in [5, 5.41) is 5.41. The topological polar surface area (TPSA) is 105 Å². The molecule has 0 aromatic heterocycles. The van der Waals surface area contributed by atoms with E-state index in [2.05, 4.69) is 10.6 Å². The minimum absolute atomic E-state index is 0.0644. The van der Waals surface area contributed by atoms with Crippen LogP contribution in [0.15, 0.2) is 24.3 Å². The first kappa shape index (κ1) is 18.6. The molecule has 0 bridgehead atoms. The number of hydrogen-bond acceptors (Lipinski definition) is 4. The van der Waals surface area contributed by atoms with E-state index >= 15 is 0 Å². The van der Waals surface area contributed by atoms with Gasteiger partial charge in [0.05, 0.1) is 13.1 Å². The van der Waals surface area contributed by atoms with Crippen LogP contribution in [0.3, 0.4) is 0 Å². The number of rotatable bonds is 9. The molecular formula is C16H24N4O3. The summed E-state index contributed by atoms with van der Waals surface area (Å²) in [5.41, 5.74) is 6.49. The molecule has 4 N–H and O–H groups in total. The van der Waals surface area contributed by atoms with Crippen molar-refractivity contribution in [1.82, 2.24) is 4.90 Å². The van der Waals surface area contributed by atoms with Crippen molar-refractivity contribution < 1.29 is 14.4 Å². The van der Waals surface area contributed by atoms with E-state index in [1.165, 1.54) is 6.92 Å². The van der Waals surface area contributed by atoms with E-state index in [0.717, 1.165) is 12.8 Å². The van der Waals surface area contributed by atoms with E-state index in [4.69, 9.17) is 5.73 Å². The van der Waals surface area contributed by atoms with Gasteiger partial charge in [0.1, 0.15) is 0 Å². The maximum atomic E-state index is 12.1. The summed E-state index contributed by atoms with van der Waals surface area (Å²) in [4.78, 5) is 35.8. The van der Waals surface area contributed by atoms with Crippen LogP contribution in [0.2, 0.25) is 0 Å². The standard InChI is InChI=1S/C16H24N4O3/c1-3-4-9-20(10-15(17)22)11-16(23)19-14-7-5-13(6-8-14)18-12(2)21/h5-8H,3-4,9-11H2,1-2H3,(H2,17,22)(H,18,21)(H,19,23). The quantitative estimate of drug-likeness (QED) is 0.635. The summed E-state index contributed by atoms with van der Waals surface area (Å²) >= 11 is 0. The molecule has 0 aliphatic heterocycles. The molecule has 0 aliphatic rings. The van der Waals surface area contributed by atoms with Gasteiger partial charge in [-0.3, -0.25) is 19.3 Å². The second-order valence-corrected chi connectivity index (χ2v) is 5.34. The normalized spacial score (nSPS) is 10.4. The smallest absolute Gasteiger partial charge is 0.238 e. The van der Waals surface area contributed by atoms with E-state index < -0.39 is 5.91 Å². The van der Waals surface area contributed by atoms with Gasteiger partial charge in [-0.2, -0.15) is 0 Å². The number of anilines is 2.